The Morgan fingerprint density at radius 1 is 1.37 bits per heavy atom. The normalized spacial score (nSPS) is 26.8. The van der Waals surface area contributed by atoms with Gasteiger partial charge in [0.25, 0.3) is 0 Å². The molecule has 1 aromatic carbocycles. The van der Waals surface area contributed by atoms with Crippen molar-refractivity contribution in [2.75, 3.05) is 18.0 Å². The van der Waals surface area contributed by atoms with Crippen molar-refractivity contribution in [1.82, 2.24) is 0 Å². The van der Waals surface area contributed by atoms with Crippen LogP contribution in [0, 0.1) is 0 Å². The lowest BCUT2D eigenvalue weighted by molar-refractivity contribution is 0.0305. The van der Waals surface area contributed by atoms with Gasteiger partial charge in [-0.05, 0) is 31.0 Å². The van der Waals surface area contributed by atoms with E-state index in [9.17, 15) is 0 Å². The van der Waals surface area contributed by atoms with E-state index >= 15 is 0 Å². The van der Waals surface area contributed by atoms with E-state index in [1.54, 1.807) is 6.07 Å². The fourth-order valence-corrected chi connectivity index (χ4v) is 3.06. The maximum atomic E-state index is 8.69. The minimum atomic E-state index is 0.0265. The zero-order valence-corrected chi connectivity index (χ0v) is 11.2. The summed E-state index contributed by atoms with van der Waals surface area (Å²) in [6, 6.07) is 5.59. The largest absolute Gasteiger partial charge is 0.409 e. The molecule has 0 radical (unpaired) electrons. The number of nitrogens with two attached hydrogens (primary N) is 1. The molecular weight excluding hydrogens is 266 g/mol. The summed E-state index contributed by atoms with van der Waals surface area (Å²) in [5.41, 5.74) is 7.16. The highest BCUT2D eigenvalue weighted by atomic mass is 35.5. The van der Waals surface area contributed by atoms with Gasteiger partial charge in [-0.2, -0.15) is 0 Å². The molecule has 3 rings (SSSR count). The molecule has 2 unspecified atom stereocenters. The third-order valence-electron chi connectivity index (χ3n) is 3.75. The van der Waals surface area contributed by atoms with E-state index < -0.39 is 0 Å². The third kappa shape index (κ3) is 2.35. The third-order valence-corrected chi connectivity index (χ3v) is 4.06. The molecule has 2 fully saturated rings. The fraction of sp³-hybridized carbons (Fsp3) is 0.462. The fourth-order valence-electron chi connectivity index (χ4n) is 2.79. The summed E-state index contributed by atoms with van der Waals surface area (Å²) >= 11 is 6.18. The van der Waals surface area contributed by atoms with Gasteiger partial charge in [-0.1, -0.05) is 16.8 Å². The molecule has 5 nitrogen and oxygen atoms in total. The number of morpholine rings is 1. The van der Waals surface area contributed by atoms with Crippen LogP contribution in [0.5, 0.6) is 0 Å². The van der Waals surface area contributed by atoms with Crippen molar-refractivity contribution in [1.29, 1.82) is 0 Å². The van der Waals surface area contributed by atoms with Gasteiger partial charge in [-0.25, -0.2) is 0 Å². The second-order valence-electron chi connectivity index (χ2n) is 5.01. The Kier molecular flexibility index (Phi) is 3.24. The van der Waals surface area contributed by atoms with E-state index in [2.05, 4.69) is 10.1 Å². The highest BCUT2D eigenvalue weighted by Gasteiger charge is 2.33. The lowest BCUT2D eigenvalue weighted by Crippen LogP contribution is -2.42. The minimum absolute atomic E-state index is 0.0265. The predicted octanol–water partition coefficient (Wildman–Crippen LogP) is 1.80. The number of hydrogen-bond acceptors (Lipinski definition) is 4. The molecule has 19 heavy (non-hydrogen) atoms. The van der Waals surface area contributed by atoms with E-state index in [1.807, 2.05) is 12.1 Å². The van der Waals surface area contributed by atoms with E-state index in [4.69, 9.17) is 27.3 Å². The zero-order valence-electron chi connectivity index (χ0n) is 10.4. The number of halogens is 1. The maximum absolute atomic E-state index is 8.69. The summed E-state index contributed by atoms with van der Waals surface area (Å²) in [5, 5.41) is 12.2. The second-order valence-corrected chi connectivity index (χ2v) is 5.42. The van der Waals surface area contributed by atoms with Crippen LogP contribution >= 0.6 is 11.6 Å². The number of ether oxygens (including phenoxy) is 1. The first kappa shape index (κ1) is 12.6. The Hall–Kier alpha value is -1.46. The van der Waals surface area contributed by atoms with Crippen LogP contribution in [0.1, 0.15) is 18.4 Å². The summed E-state index contributed by atoms with van der Waals surface area (Å²) in [6.07, 6.45) is 2.94. The number of nitrogens with zero attached hydrogens (tertiary/aromatic N) is 2. The number of rotatable bonds is 2. The molecule has 102 valence electrons. The summed E-state index contributed by atoms with van der Waals surface area (Å²) in [6.45, 7) is 1.80. The van der Waals surface area contributed by atoms with Crippen LogP contribution in [0.2, 0.25) is 5.02 Å². The molecule has 2 bridgehead atoms. The monoisotopic (exact) mass is 281 g/mol. The molecule has 0 aliphatic carbocycles. The highest BCUT2D eigenvalue weighted by molar-refractivity contribution is 6.34. The van der Waals surface area contributed by atoms with Crippen LogP contribution in [0.4, 0.5) is 5.69 Å². The van der Waals surface area contributed by atoms with Crippen molar-refractivity contribution in [3.8, 4) is 0 Å². The SMILES string of the molecule is NC(=NO)c1ccc(N2CC3CCC(C2)O3)cc1Cl. The molecule has 0 amide bonds. The molecule has 2 saturated heterocycles. The smallest absolute Gasteiger partial charge is 0.171 e. The number of anilines is 1. The first-order chi connectivity index (χ1) is 9.17. The molecule has 2 aliphatic rings. The van der Waals surface area contributed by atoms with Gasteiger partial charge in [0.2, 0.25) is 0 Å². The average molecular weight is 282 g/mol. The van der Waals surface area contributed by atoms with Crippen molar-refractivity contribution in [3.63, 3.8) is 0 Å². The van der Waals surface area contributed by atoms with Crippen molar-refractivity contribution >= 4 is 23.1 Å². The van der Waals surface area contributed by atoms with Gasteiger partial charge >= 0.3 is 0 Å². The van der Waals surface area contributed by atoms with Gasteiger partial charge in [0.05, 0.1) is 17.2 Å². The highest BCUT2D eigenvalue weighted by Crippen LogP contribution is 2.31. The first-order valence-electron chi connectivity index (χ1n) is 6.35. The second kappa shape index (κ2) is 4.90. The Balaban J connectivity index is 1.84. The number of amidine groups is 1. The molecule has 1 aromatic rings. The molecule has 2 heterocycles. The van der Waals surface area contributed by atoms with Crippen molar-refractivity contribution in [2.45, 2.75) is 25.0 Å². The topological polar surface area (TPSA) is 71.1 Å². The van der Waals surface area contributed by atoms with Crippen LogP contribution in [-0.2, 0) is 4.74 Å². The average Bonchev–Trinajstić information content (AvgIpc) is 2.76. The Morgan fingerprint density at radius 3 is 2.63 bits per heavy atom. The van der Waals surface area contributed by atoms with Gasteiger partial charge in [-0.3, -0.25) is 0 Å². The molecule has 2 aliphatic heterocycles. The zero-order chi connectivity index (χ0) is 13.4. The molecule has 0 saturated carbocycles. The maximum Gasteiger partial charge on any atom is 0.171 e. The van der Waals surface area contributed by atoms with Crippen LogP contribution in [-0.4, -0.2) is 36.3 Å². The number of fused-ring (bicyclic) bond motifs is 2. The summed E-state index contributed by atoms with van der Waals surface area (Å²) in [4.78, 5) is 2.29. The molecule has 6 heteroatoms. The molecular formula is C13H16ClN3O2. The van der Waals surface area contributed by atoms with Gasteiger partial charge in [0, 0.05) is 24.3 Å². The van der Waals surface area contributed by atoms with Crippen LogP contribution in [0.25, 0.3) is 0 Å². The van der Waals surface area contributed by atoms with Crippen LogP contribution < -0.4 is 10.6 Å². The number of oxime groups is 1. The minimum Gasteiger partial charge on any atom is -0.409 e. The molecule has 0 spiro atoms. The quantitative estimate of drug-likeness (QED) is 0.375. The van der Waals surface area contributed by atoms with E-state index in [1.165, 1.54) is 0 Å². The number of benzene rings is 1. The summed E-state index contributed by atoms with van der Waals surface area (Å²) in [5.74, 6) is 0.0265. The van der Waals surface area contributed by atoms with Gasteiger partial charge in [-0.15, -0.1) is 0 Å². The number of hydrogen-bond donors (Lipinski definition) is 2. The van der Waals surface area contributed by atoms with Gasteiger partial charge in [0.15, 0.2) is 5.84 Å². The summed E-state index contributed by atoms with van der Waals surface area (Å²) in [7, 11) is 0. The van der Waals surface area contributed by atoms with Crippen LogP contribution in [0.3, 0.4) is 0 Å². The Labute approximate surface area is 116 Å². The van der Waals surface area contributed by atoms with Crippen molar-refractivity contribution in [3.05, 3.63) is 28.8 Å². The predicted molar refractivity (Wildman–Crippen MR) is 74.1 cm³/mol. The van der Waals surface area contributed by atoms with Gasteiger partial charge < -0.3 is 20.6 Å². The standard InChI is InChI=1S/C13H16ClN3O2/c14-12-5-8(1-4-11(12)13(15)16-18)17-6-9-2-3-10(7-17)19-9/h1,4-5,9-10,18H,2-3,6-7H2,(H2,15,16). The molecule has 3 N–H and O–H groups in total. The Morgan fingerprint density at radius 2 is 2.05 bits per heavy atom. The van der Waals surface area contributed by atoms with E-state index in [0.29, 0.717) is 22.8 Å². The van der Waals surface area contributed by atoms with Crippen molar-refractivity contribution < 1.29 is 9.94 Å². The Bertz CT molecular complexity index is 509. The van der Waals surface area contributed by atoms with E-state index in [0.717, 1.165) is 31.6 Å². The lowest BCUT2D eigenvalue weighted by atomic mass is 10.1. The van der Waals surface area contributed by atoms with Gasteiger partial charge in [0.1, 0.15) is 0 Å². The van der Waals surface area contributed by atoms with E-state index in [-0.39, 0.29) is 5.84 Å². The molecule has 2 atom stereocenters. The van der Waals surface area contributed by atoms with Crippen LogP contribution in [0.15, 0.2) is 23.4 Å². The lowest BCUT2D eigenvalue weighted by Gasteiger charge is -2.34. The molecule has 0 aromatic heterocycles. The first-order valence-corrected chi connectivity index (χ1v) is 6.73. The van der Waals surface area contributed by atoms with Crippen molar-refractivity contribution in [2.24, 2.45) is 10.9 Å². The summed E-state index contributed by atoms with van der Waals surface area (Å²) < 4.78 is 5.81.